The topological polar surface area (TPSA) is 87.7 Å². The third-order valence-electron chi connectivity index (χ3n) is 4.63. The van der Waals surface area contributed by atoms with Crippen molar-refractivity contribution < 1.29 is 19.1 Å². The van der Waals surface area contributed by atoms with Crippen molar-refractivity contribution in [1.82, 2.24) is 10.2 Å². The first kappa shape index (κ1) is 17.3. The van der Waals surface area contributed by atoms with E-state index < -0.39 is 5.97 Å². The molecule has 1 aromatic carbocycles. The van der Waals surface area contributed by atoms with Gasteiger partial charge in [-0.25, -0.2) is 9.59 Å². The molecule has 134 valence electrons. The van der Waals surface area contributed by atoms with Crippen molar-refractivity contribution in [3.05, 3.63) is 29.8 Å². The summed E-state index contributed by atoms with van der Waals surface area (Å²) < 4.78 is 4.64. The third kappa shape index (κ3) is 4.49. The van der Waals surface area contributed by atoms with E-state index in [0.29, 0.717) is 24.3 Å². The lowest BCUT2D eigenvalue weighted by molar-refractivity contribution is -0.123. The average molecular weight is 345 g/mol. The molecule has 0 unspecified atom stereocenters. The van der Waals surface area contributed by atoms with Crippen molar-refractivity contribution in [2.75, 3.05) is 25.5 Å². The minimum atomic E-state index is -0.409. The molecule has 1 heterocycles. The Kier molecular flexibility index (Phi) is 5.21. The van der Waals surface area contributed by atoms with Crippen molar-refractivity contribution in [3.8, 4) is 0 Å². The first-order valence-electron chi connectivity index (χ1n) is 8.61. The predicted molar refractivity (Wildman–Crippen MR) is 92.3 cm³/mol. The van der Waals surface area contributed by atoms with Gasteiger partial charge in [0.05, 0.1) is 12.7 Å². The number of nitrogens with one attached hydrogen (secondary N) is 2. The van der Waals surface area contributed by atoms with Crippen LogP contribution in [0.5, 0.6) is 0 Å². The maximum atomic E-state index is 12.3. The van der Waals surface area contributed by atoms with E-state index in [9.17, 15) is 14.4 Å². The minimum Gasteiger partial charge on any atom is -0.465 e. The molecule has 3 amide bonds. The summed E-state index contributed by atoms with van der Waals surface area (Å²) >= 11 is 0. The number of benzene rings is 1. The zero-order chi connectivity index (χ0) is 17.8. The molecule has 0 atom stereocenters. The number of carbonyl (C=O) groups excluding carboxylic acids is 3. The molecule has 0 aromatic heterocycles. The number of rotatable bonds is 4. The molecule has 0 radical (unpaired) electrons. The highest BCUT2D eigenvalue weighted by atomic mass is 16.5. The normalized spacial score (nSPS) is 17.7. The van der Waals surface area contributed by atoms with E-state index in [0.717, 1.165) is 25.7 Å². The van der Waals surface area contributed by atoms with Gasteiger partial charge in [0, 0.05) is 30.7 Å². The van der Waals surface area contributed by atoms with Gasteiger partial charge in [-0.3, -0.25) is 4.79 Å². The van der Waals surface area contributed by atoms with Crippen molar-refractivity contribution in [2.45, 2.75) is 31.7 Å². The molecular weight excluding hydrogens is 322 g/mol. The fraction of sp³-hybridized carbons (Fsp3) is 0.500. The van der Waals surface area contributed by atoms with Gasteiger partial charge in [-0.15, -0.1) is 0 Å². The van der Waals surface area contributed by atoms with E-state index in [-0.39, 0.29) is 23.9 Å². The van der Waals surface area contributed by atoms with Crippen LogP contribution in [0.3, 0.4) is 0 Å². The highest BCUT2D eigenvalue weighted by Crippen LogP contribution is 2.29. The Balaban J connectivity index is 1.46. The summed E-state index contributed by atoms with van der Waals surface area (Å²) in [5.41, 5.74) is 1.06. The van der Waals surface area contributed by atoms with Crippen LogP contribution in [-0.4, -0.2) is 49.0 Å². The number of anilines is 1. The summed E-state index contributed by atoms with van der Waals surface area (Å²) in [6.45, 7) is 1.23. The Hall–Kier alpha value is -2.57. The number of esters is 1. The Labute approximate surface area is 146 Å². The lowest BCUT2D eigenvalue weighted by atomic mass is 10.1. The molecular formula is C18H23N3O4. The van der Waals surface area contributed by atoms with E-state index in [4.69, 9.17) is 0 Å². The molecule has 0 spiro atoms. The average Bonchev–Trinajstić information content (AvgIpc) is 3.47. The number of methoxy groups -OCH3 is 1. The van der Waals surface area contributed by atoms with Gasteiger partial charge < -0.3 is 20.3 Å². The molecule has 1 saturated heterocycles. The van der Waals surface area contributed by atoms with Gasteiger partial charge in [-0.05, 0) is 49.9 Å². The van der Waals surface area contributed by atoms with E-state index in [1.165, 1.54) is 7.11 Å². The lowest BCUT2D eigenvalue weighted by Gasteiger charge is -2.32. The van der Waals surface area contributed by atoms with Gasteiger partial charge in [0.1, 0.15) is 0 Å². The Morgan fingerprint density at radius 2 is 1.68 bits per heavy atom. The van der Waals surface area contributed by atoms with Crippen LogP contribution in [0.1, 0.15) is 36.0 Å². The molecule has 7 heteroatoms. The van der Waals surface area contributed by atoms with Crippen molar-refractivity contribution >= 4 is 23.6 Å². The van der Waals surface area contributed by atoms with Gasteiger partial charge >= 0.3 is 12.0 Å². The molecule has 7 nitrogen and oxygen atoms in total. The van der Waals surface area contributed by atoms with Crippen LogP contribution in [0.25, 0.3) is 0 Å². The number of hydrogen-bond acceptors (Lipinski definition) is 4. The summed E-state index contributed by atoms with van der Waals surface area (Å²) in [6.07, 6.45) is 3.55. The number of ether oxygens (including phenoxy) is 1. The summed E-state index contributed by atoms with van der Waals surface area (Å²) in [6, 6.07) is 6.57. The van der Waals surface area contributed by atoms with Crippen LogP contribution in [0.15, 0.2) is 24.3 Å². The second kappa shape index (κ2) is 7.55. The van der Waals surface area contributed by atoms with E-state index in [2.05, 4.69) is 15.4 Å². The monoisotopic (exact) mass is 345 g/mol. The number of hydrogen-bond donors (Lipinski definition) is 2. The second-order valence-electron chi connectivity index (χ2n) is 6.54. The lowest BCUT2D eigenvalue weighted by Crippen LogP contribution is -2.48. The first-order valence-corrected chi connectivity index (χ1v) is 8.61. The highest BCUT2D eigenvalue weighted by Gasteiger charge is 2.32. The van der Waals surface area contributed by atoms with Crippen LogP contribution >= 0.6 is 0 Å². The first-order chi connectivity index (χ1) is 12.1. The Morgan fingerprint density at radius 1 is 1.04 bits per heavy atom. The molecule has 2 N–H and O–H groups in total. The molecule has 1 aliphatic carbocycles. The van der Waals surface area contributed by atoms with Crippen LogP contribution in [0.4, 0.5) is 10.5 Å². The van der Waals surface area contributed by atoms with E-state index >= 15 is 0 Å². The standard InChI is InChI=1S/C18H23N3O4/c1-25-17(23)13-4-6-14(7-5-13)20-18(24)21-10-8-15(9-11-21)19-16(22)12-2-3-12/h4-7,12,15H,2-3,8-11H2,1H3,(H,19,22)(H,20,24). The van der Waals surface area contributed by atoms with Gasteiger partial charge in [0.15, 0.2) is 0 Å². The van der Waals surface area contributed by atoms with Gasteiger partial charge in [-0.1, -0.05) is 0 Å². The van der Waals surface area contributed by atoms with Gasteiger partial charge in [-0.2, -0.15) is 0 Å². The zero-order valence-corrected chi connectivity index (χ0v) is 14.3. The van der Waals surface area contributed by atoms with Crippen molar-refractivity contribution in [2.24, 2.45) is 5.92 Å². The predicted octanol–water partition coefficient (Wildman–Crippen LogP) is 2.00. The summed E-state index contributed by atoms with van der Waals surface area (Å²) in [5.74, 6) is -0.0314. The number of nitrogens with zero attached hydrogens (tertiary/aromatic N) is 1. The second-order valence-corrected chi connectivity index (χ2v) is 6.54. The molecule has 1 aromatic rings. The quantitative estimate of drug-likeness (QED) is 0.817. The Bertz CT molecular complexity index is 647. The SMILES string of the molecule is COC(=O)c1ccc(NC(=O)N2CCC(NC(=O)C3CC3)CC2)cc1. The fourth-order valence-corrected chi connectivity index (χ4v) is 2.90. The largest absolute Gasteiger partial charge is 0.465 e. The molecule has 2 aliphatic rings. The number of urea groups is 1. The zero-order valence-electron chi connectivity index (χ0n) is 14.3. The number of carbonyl (C=O) groups is 3. The number of likely N-dealkylation sites (tertiary alicyclic amines) is 1. The molecule has 0 bridgehead atoms. The number of piperidine rings is 1. The maximum absolute atomic E-state index is 12.3. The number of amides is 3. The molecule has 3 rings (SSSR count). The van der Waals surface area contributed by atoms with Gasteiger partial charge in [0.2, 0.25) is 5.91 Å². The molecule has 1 aliphatic heterocycles. The molecule has 1 saturated carbocycles. The van der Waals surface area contributed by atoms with Gasteiger partial charge in [0.25, 0.3) is 0 Å². The minimum absolute atomic E-state index is 0.161. The van der Waals surface area contributed by atoms with Crippen LogP contribution in [-0.2, 0) is 9.53 Å². The molecule has 2 fully saturated rings. The fourth-order valence-electron chi connectivity index (χ4n) is 2.90. The Morgan fingerprint density at radius 3 is 2.24 bits per heavy atom. The molecule has 25 heavy (non-hydrogen) atoms. The smallest absolute Gasteiger partial charge is 0.337 e. The van der Waals surface area contributed by atoms with Crippen LogP contribution in [0.2, 0.25) is 0 Å². The van der Waals surface area contributed by atoms with E-state index in [1.807, 2.05) is 0 Å². The van der Waals surface area contributed by atoms with Crippen LogP contribution in [0, 0.1) is 5.92 Å². The van der Waals surface area contributed by atoms with E-state index in [1.54, 1.807) is 29.2 Å². The van der Waals surface area contributed by atoms with Crippen molar-refractivity contribution in [1.29, 1.82) is 0 Å². The maximum Gasteiger partial charge on any atom is 0.337 e. The van der Waals surface area contributed by atoms with Crippen molar-refractivity contribution in [3.63, 3.8) is 0 Å². The summed E-state index contributed by atoms with van der Waals surface area (Å²) in [5, 5.41) is 5.90. The summed E-state index contributed by atoms with van der Waals surface area (Å²) in [4.78, 5) is 37.3. The summed E-state index contributed by atoms with van der Waals surface area (Å²) in [7, 11) is 1.33. The van der Waals surface area contributed by atoms with Crippen LogP contribution < -0.4 is 10.6 Å². The third-order valence-corrected chi connectivity index (χ3v) is 4.63. The highest BCUT2D eigenvalue weighted by molar-refractivity contribution is 5.92.